The standard InChI is InChI=1S/C16H24N2O3/c1-10(2)14(16(21)17-12(4)9-19)18-15(20)13-8-6-5-7-11(13)3/h5-8,10,12,14,19H,9H2,1-4H3,(H,17,21)(H,18,20). The van der Waals surface area contributed by atoms with Gasteiger partial charge in [-0.3, -0.25) is 9.59 Å². The Morgan fingerprint density at radius 1 is 1.14 bits per heavy atom. The van der Waals surface area contributed by atoms with Crippen molar-refractivity contribution in [2.75, 3.05) is 6.61 Å². The lowest BCUT2D eigenvalue weighted by Gasteiger charge is -2.23. The number of carbonyl (C=O) groups is 2. The molecule has 0 aromatic heterocycles. The molecule has 1 aromatic rings. The molecule has 21 heavy (non-hydrogen) atoms. The summed E-state index contributed by atoms with van der Waals surface area (Å²) in [4.78, 5) is 24.5. The molecule has 5 heteroatoms. The van der Waals surface area contributed by atoms with E-state index in [9.17, 15) is 9.59 Å². The minimum atomic E-state index is -0.633. The van der Waals surface area contributed by atoms with Crippen LogP contribution in [0.4, 0.5) is 0 Å². The molecule has 0 saturated carbocycles. The van der Waals surface area contributed by atoms with E-state index in [1.165, 1.54) is 0 Å². The first kappa shape index (κ1) is 17.2. The Hall–Kier alpha value is -1.88. The fourth-order valence-corrected chi connectivity index (χ4v) is 1.96. The molecule has 0 fully saturated rings. The molecule has 2 amide bonds. The highest BCUT2D eigenvalue weighted by Crippen LogP contribution is 2.09. The molecule has 2 unspecified atom stereocenters. The molecule has 0 aliphatic rings. The maximum absolute atomic E-state index is 12.3. The van der Waals surface area contributed by atoms with Crippen molar-refractivity contribution in [1.82, 2.24) is 10.6 Å². The zero-order chi connectivity index (χ0) is 16.0. The molecule has 0 aliphatic carbocycles. The number of carbonyl (C=O) groups excluding carboxylic acids is 2. The summed E-state index contributed by atoms with van der Waals surface area (Å²) in [5, 5.41) is 14.4. The quantitative estimate of drug-likeness (QED) is 0.738. The molecule has 2 atom stereocenters. The van der Waals surface area contributed by atoms with Crippen LogP contribution in [0.1, 0.15) is 36.7 Å². The van der Waals surface area contributed by atoms with Crippen LogP contribution in [0.3, 0.4) is 0 Å². The monoisotopic (exact) mass is 292 g/mol. The number of hydrogen-bond donors (Lipinski definition) is 3. The van der Waals surface area contributed by atoms with Gasteiger partial charge in [-0.25, -0.2) is 0 Å². The fraction of sp³-hybridized carbons (Fsp3) is 0.500. The summed E-state index contributed by atoms with van der Waals surface area (Å²) in [7, 11) is 0. The van der Waals surface area contributed by atoms with Gasteiger partial charge in [0.1, 0.15) is 6.04 Å². The van der Waals surface area contributed by atoms with Gasteiger partial charge in [-0.2, -0.15) is 0 Å². The van der Waals surface area contributed by atoms with E-state index in [0.29, 0.717) is 5.56 Å². The molecular weight excluding hydrogens is 268 g/mol. The highest BCUT2D eigenvalue weighted by Gasteiger charge is 2.25. The van der Waals surface area contributed by atoms with E-state index in [1.807, 2.05) is 32.9 Å². The van der Waals surface area contributed by atoms with Crippen molar-refractivity contribution in [2.24, 2.45) is 5.92 Å². The molecule has 0 saturated heterocycles. The summed E-state index contributed by atoms with van der Waals surface area (Å²) in [5.41, 5.74) is 1.42. The Balaban J connectivity index is 2.82. The van der Waals surface area contributed by atoms with Crippen LogP contribution >= 0.6 is 0 Å². The molecule has 116 valence electrons. The van der Waals surface area contributed by atoms with Gasteiger partial charge in [-0.15, -0.1) is 0 Å². The number of amides is 2. The van der Waals surface area contributed by atoms with Gasteiger partial charge in [0.25, 0.3) is 5.91 Å². The molecule has 0 aliphatic heterocycles. The van der Waals surface area contributed by atoms with Crippen molar-refractivity contribution in [1.29, 1.82) is 0 Å². The smallest absolute Gasteiger partial charge is 0.252 e. The lowest BCUT2D eigenvalue weighted by Crippen LogP contribution is -2.52. The van der Waals surface area contributed by atoms with Crippen LogP contribution in [0.25, 0.3) is 0 Å². The van der Waals surface area contributed by atoms with E-state index in [1.54, 1.807) is 19.1 Å². The minimum Gasteiger partial charge on any atom is -0.394 e. The summed E-state index contributed by atoms with van der Waals surface area (Å²) in [6.07, 6.45) is 0. The second-order valence-corrected chi connectivity index (χ2v) is 5.60. The van der Waals surface area contributed by atoms with Crippen molar-refractivity contribution in [3.05, 3.63) is 35.4 Å². The third-order valence-corrected chi connectivity index (χ3v) is 3.29. The van der Waals surface area contributed by atoms with Gasteiger partial charge in [0.15, 0.2) is 0 Å². The Kier molecular flexibility index (Phi) is 6.37. The van der Waals surface area contributed by atoms with Gasteiger partial charge in [-0.05, 0) is 31.4 Å². The predicted octanol–water partition coefficient (Wildman–Crippen LogP) is 1.25. The van der Waals surface area contributed by atoms with Gasteiger partial charge < -0.3 is 15.7 Å². The summed E-state index contributed by atoms with van der Waals surface area (Å²) in [6.45, 7) is 7.16. The summed E-state index contributed by atoms with van der Waals surface area (Å²) in [5.74, 6) is -0.601. The molecule has 0 spiro atoms. The first-order valence-corrected chi connectivity index (χ1v) is 7.14. The second-order valence-electron chi connectivity index (χ2n) is 5.60. The van der Waals surface area contributed by atoms with Crippen LogP contribution in [0, 0.1) is 12.8 Å². The van der Waals surface area contributed by atoms with Crippen LogP contribution in [0.15, 0.2) is 24.3 Å². The molecular formula is C16H24N2O3. The SMILES string of the molecule is Cc1ccccc1C(=O)NC(C(=O)NC(C)CO)C(C)C. The molecule has 0 heterocycles. The first-order chi connectivity index (χ1) is 9.86. The summed E-state index contributed by atoms with van der Waals surface area (Å²) in [6, 6.07) is 6.27. The zero-order valence-corrected chi connectivity index (χ0v) is 13.0. The van der Waals surface area contributed by atoms with Crippen LogP contribution < -0.4 is 10.6 Å². The largest absolute Gasteiger partial charge is 0.394 e. The average molecular weight is 292 g/mol. The average Bonchev–Trinajstić information content (AvgIpc) is 2.44. The van der Waals surface area contributed by atoms with E-state index in [2.05, 4.69) is 10.6 Å². The van der Waals surface area contributed by atoms with E-state index in [-0.39, 0.29) is 30.4 Å². The number of hydrogen-bond acceptors (Lipinski definition) is 3. The Morgan fingerprint density at radius 3 is 2.29 bits per heavy atom. The van der Waals surface area contributed by atoms with Gasteiger partial charge in [0.05, 0.1) is 6.61 Å². The number of aryl methyl sites for hydroxylation is 1. The number of rotatable bonds is 6. The number of aliphatic hydroxyl groups is 1. The Morgan fingerprint density at radius 2 is 1.76 bits per heavy atom. The van der Waals surface area contributed by atoms with Crippen LogP contribution in [0.5, 0.6) is 0 Å². The minimum absolute atomic E-state index is 0.0520. The van der Waals surface area contributed by atoms with E-state index < -0.39 is 6.04 Å². The normalized spacial score (nSPS) is 13.6. The fourth-order valence-electron chi connectivity index (χ4n) is 1.96. The molecule has 0 bridgehead atoms. The van der Waals surface area contributed by atoms with Crippen LogP contribution in [-0.4, -0.2) is 35.6 Å². The number of nitrogens with one attached hydrogen (secondary N) is 2. The van der Waals surface area contributed by atoms with E-state index in [0.717, 1.165) is 5.56 Å². The lowest BCUT2D eigenvalue weighted by atomic mass is 10.0. The van der Waals surface area contributed by atoms with Gasteiger partial charge >= 0.3 is 0 Å². The second kappa shape index (κ2) is 7.78. The highest BCUT2D eigenvalue weighted by molar-refractivity contribution is 5.98. The third kappa shape index (κ3) is 4.86. The third-order valence-electron chi connectivity index (χ3n) is 3.29. The van der Waals surface area contributed by atoms with Crippen molar-refractivity contribution < 1.29 is 14.7 Å². The topological polar surface area (TPSA) is 78.4 Å². The Bertz CT molecular complexity index is 500. The van der Waals surface area contributed by atoms with Gasteiger partial charge in [-0.1, -0.05) is 32.0 Å². The van der Waals surface area contributed by atoms with Crippen LogP contribution in [0.2, 0.25) is 0 Å². The lowest BCUT2D eigenvalue weighted by molar-refractivity contribution is -0.124. The molecule has 3 N–H and O–H groups in total. The van der Waals surface area contributed by atoms with Crippen LogP contribution in [-0.2, 0) is 4.79 Å². The maximum Gasteiger partial charge on any atom is 0.252 e. The van der Waals surface area contributed by atoms with Crippen molar-refractivity contribution >= 4 is 11.8 Å². The number of benzene rings is 1. The van der Waals surface area contributed by atoms with E-state index >= 15 is 0 Å². The summed E-state index contributed by atoms with van der Waals surface area (Å²) >= 11 is 0. The van der Waals surface area contributed by atoms with Crippen molar-refractivity contribution in [2.45, 2.75) is 39.8 Å². The highest BCUT2D eigenvalue weighted by atomic mass is 16.3. The van der Waals surface area contributed by atoms with Crippen molar-refractivity contribution in [3.63, 3.8) is 0 Å². The molecule has 1 aromatic carbocycles. The first-order valence-electron chi connectivity index (χ1n) is 7.14. The summed E-state index contributed by atoms with van der Waals surface area (Å²) < 4.78 is 0. The predicted molar refractivity (Wildman–Crippen MR) is 82.0 cm³/mol. The van der Waals surface area contributed by atoms with Gasteiger partial charge in [0, 0.05) is 11.6 Å². The maximum atomic E-state index is 12.3. The number of aliphatic hydroxyl groups excluding tert-OH is 1. The molecule has 1 rings (SSSR count). The van der Waals surface area contributed by atoms with Gasteiger partial charge in [0.2, 0.25) is 5.91 Å². The Labute approximate surface area is 125 Å². The zero-order valence-electron chi connectivity index (χ0n) is 13.0. The molecule has 0 radical (unpaired) electrons. The van der Waals surface area contributed by atoms with E-state index in [4.69, 9.17) is 5.11 Å². The van der Waals surface area contributed by atoms with Crippen molar-refractivity contribution in [3.8, 4) is 0 Å². The molecule has 5 nitrogen and oxygen atoms in total.